The molecule has 1 aliphatic rings. The van der Waals surface area contributed by atoms with E-state index >= 15 is 0 Å². The molecule has 0 fully saturated rings. The maximum Gasteiger partial charge on any atom is 0.416 e. The Kier molecular flexibility index (Phi) is 4.15. The van der Waals surface area contributed by atoms with Crippen LogP contribution < -0.4 is 15.4 Å². The van der Waals surface area contributed by atoms with E-state index in [1.165, 1.54) is 13.2 Å². The highest BCUT2D eigenvalue weighted by molar-refractivity contribution is 5.73. The van der Waals surface area contributed by atoms with Crippen LogP contribution in [0.5, 0.6) is 5.75 Å². The van der Waals surface area contributed by atoms with Gasteiger partial charge in [-0.3, -0.25) is 0 Å². The van der Waals surface area contributed by atoms with Crippen molar-refractivity contribution >= 4 is 11.7 Å². The number of hydrogen-bond donors (Lipinski definition) is 1. The van der Waals surface area contributed by atoms with Crippen LogP contribution in [0, 0.1) is 0 Å². The fourth-order valence-corrected chi connectivity index (χ4v) is 2.04. The van der Waals surface area contributed by atoms with Crippen molar-refractivity contribution in [3.8, 4) is 5.75 Å². The Bertz CT molecular complexity index is 546. The van der Waals surface area contributed by atoms with Crippen LogP contribution in [0.2, 0.25) is 0 Å². The molecular formula is C13H16F3N3O2. The van der Waals surface area contributed by atoms with Gasteiger partial charge in [0.15, 0.2) is 0 Å². The molecule has 0 saturated heterocycles. The van der Waals surface area contributed by atoms with Gasteiger partial charge in [0, 0.05) is 25.3 Å². The predicted octanol–water partition coefficient (Wildman–Crippen LogP) is 1.86. The van der Waals surface area contributed by atoms with Gasteiger partial charge in [-0.25, -0.2) is 4.99 Å². The summed E-state index contributed by atoms with van der Waals surface area (Å²) in [7, 11) is 3.01. The second-order valence-electron chi connectivity index (χ2n) is 4.73. The van der Waals surface area contributed by atoms with E-state index in [0.29, 0.717) is 18.8 Å². The standard InChI is InChI=1S/C13H16F3N3O2/c1-19(6-9-7-21-12(17)18-9)10-3-8(13(14,15)16)4-11(5-10)20-2/h3-5,9H,6-7H2,1-2H3,(H2,17,18). The van der Waals surface area contributed by atoms with Gasteiger partial charge in [0.25, 0.3) is 6.02 Å². The van der Waals surface area contributed by atoms with Gasteiger partial charge in [-0.05, 0) is 12.1 Å². The number of hydrogen-bond acceptors (Lipinski definition) is 5. The summed E-state index contributed by atoms with van der Waals surface area (Å²) < 4.78 is 48.6. The number of nitrogens with zero attached hydrogens (tertiary/aromatic N) is 2. The summed E-state index contributed by atoms with van der Waals surface area (Å²) in [5, 5.41) is 0. The monoisotopic (exact) mass is 303 g/mol. The maximum atomic E-state index is 12.9. The van der Waals surface area contributed by atoms with Gasteiger partial charge in [-0.2, -0.15) is 13.2 Å². The molecule has 1 aliphatic heterocycles. The molecule has 0 aromatic heterocycles. The smallest absolute Gasteiger partial charge is 0.416 e. The Morgan fingerprint density at radius 1 is 1.43 bits per heavy atom. The number of benzene rings is 1. The quantitative estimate of drug-likeness (QED) is 0.922. The van der Waals surface area contributed by atoms with Crippen LogP contribution in [0.25, 0.3) is 0 Å². The molecule has 21 heavy (non-hydrogen) atoms. The first-order valence-electron chi connectivity index (χ1n) is 6.23. The van der Waals surface area contributed by atoms with Crippen molar-refractivity contribution in [2.45, 2.75) is 12.2 Å². The second kappa shape index (κ2) is 5.71. The molecule has 0 spiro atoms. The molecule has 5 nitrogen and oxygen atoms in total. The third-order valence-electron chi connectivity index (χ3n) is 3.11. The number of ether oxygens (including phenoxy) is 2. The first kappa shape index (κ1) is 15.3. The number of halogens is 3. The molecule has 8 heteroatoms. The van der Waals surface area contributed by atoms with Crippen molar-refractivity contribution in [3.63, 3.8) is 0 Å². The summed E-state index contributed by atoms with van der Waals surface area (Å²) in [4.78, 5) is 5.71. The molecule has 0 radical (unpaired) electrons. The highest BCUT2D eigenvalue weighted by Crippen LogP contribution is 2.35. The lowest BCUT2D eigenvalue weighted by Crippen LogP contribution is -2.29. The van der Waals surface area contributed by atoms with Crippen molar-refractivity contribution < 1.29 is 22.6 Å². The fourth-order valence-electron chi connectivity index (χ4n) is 2.04. The van der Waals surface area contributed by atoms with E-state index in [2.05, 4.69) is 4.99 Å². The number of aliphatic imine (C=N–C) groups is 1. The second-order valence-corrected chi connectivity index (χ2v) is 4.73. The molecule has 1 atom stereocenters. The molecular weight excluding hydrogens is 287 g/mol. The van der Waals surface area contributed by atoms with Gasteiger partial charge in [-0.1, -0.05) is 0 Å². The van der Waals surface area contributed by atoms with Gasteiger partial charge in [0.2, 0.25) is 0 Å². The number of likely N-dealkylation sites (N-methyl/N-ethyl adjacent to an activating group) is 1. The highest BCUT2D eigenvalue weighted by Gasteiger charge is 2.32. The van der Waals surface area contributed by atoms with E-state index in [9.17, 15) is 13.2 Å². The first-order valence-corrected chi connectivity index (χ1v) is 6.23. The zero-order valence-corrected chi connectivity index (χ0v) is 11.6. The van der Waals surface area contributed by atoms with Crippen molar-refractivity contribution in [3.05, 3.63) is 23.8 Å². The van der Waals surface area contributed by atoms with Gasteiger partial charge >= 0.3 is 6.18 Å². The Balaban J connectivity index is 2.21. The van der Waals surface area contributed by atoms with Gasteiger partial charge in [0.1, 0.15) is 18.4 Å². The maximum absolute atomic E-state index is 12.9. The summed E-state index contributed by atoms with van der Waals surface area (Å²) in [6.45, 7) is 0.720. The van der Waals surface area contributed by atoms with E-state index in [-0.39, 0.29) is 17.8 Å². The van der Waals surface area contributed by atoms with E-state index < -0.39 is 11.7 Å². The van der Waals surface area contributed by atoms with Crippen LogP contribution in [0.15, 0.2) is 23.2 Å². The van der Waals surface area contributed by atoms with Crippen LogP contribution in [0.1, 0.15) is 5.56 Å². The minimum atomic E-state index is -4.43. The van der Waals surface area contributed by atoms with Crippen LogP contribution in [0.4, 0.5) is 18.9 Å². The summed E-state index contributed by atoms with van der Waals surface area (Å²) in [5.74, 6) is 0.150. The topological polar surface area (TPSA) is 60.1 Å². The Labute approximate surface area is 120 Å². The molecule has 1 aromatic rings. The van der Waals surface area contributed by atoms with Crippen LogP contribution >= 0.6 is 0 Å². The normalized spacial score (nSPS) is 18.1. The van der Waals surface area contributed by atoms with E-state index in [1.54, 1.807) is 11.9 Å². The average molecular weight is 303 g/mol. The molecule has 1 heterocycles. The number of rotatable bonds is 4. The fraction of sp³-hybridized carbons (Fsp3) is 0.462. The van der Waals surface area contributed by atoms with Crippen molar-refractivity contribution in [1.82, 2.24) is 0 Å². The first-order chi connectivity index (χ1) is 9.79. The Morgan fingerprint density at radius 2 is 2.14 bits per heavy atom. The van der Waals surface area contributed by atoms with Crippen molar-refractivity contribution in [2.24, 2.45) is 10.7 Å². The number of amidine groups is 1. The van der Waals surface area contributed by atoms with E-state index in [4.69, 9.17) is 15.2 Å². The molecule has 2 rings (SSSR count). The lowest BCUT2D eigenvalue weighted by Gasteiger charge is -2.23. The number of alkyl halides is 3. The summed E-state index contributed by atoms with van der Waals surface area (Å²) in [5.41, 5.74) is 5.04. The molecule has 1 unspecified atom stereocenters. The average Bonchev–Trinajstić information content (AvgIpc) is 2.82. The van der Waals surface area contributed by atoms with Crippen LogP contribution in [-0.2, 0) is 10.9 Å². The Morgan fingerprint density at radius 3 is 2.67 bits per heavy atom. The summed E-state index contributed by atoms with van der Waals surface area (Å²) in [6.07, 6.45) is -4.43. The Hall–Kier alpha value is -2.12. The summed E-state index contributed by atoms with van der Waals surface area (Å²) >= 11 is 0. The van der Waals surface area contributed by atoms with Gasteiger partial charge < -0.3 is 20.1 Å². The molecule has 0 amide bonds. The third-order valence-corrected chi connectivity index (χ3v) is 3.11. The lowest BCUT2D eigenvalue weighted by atomic mass is 10.1. The van der Waals surface area contributed by atoms with Crippen LogP contribution in [0.3, 0.4) is 0 Å². The molecule has 0 aliphatic carbocycles. The van der Waals surface area contributed by atoms with E-state index in [0.717, 1.165) is 12.1 Å². The van der Waals surface area contributed by atoms with Gasteiger partial charge in [-0.15, -0.1) is 0 Å². The number of methoxy groups -OCH3 is 1. The SMILES string of the molecule is COc1cc(N(C)CC2COC(N)=N2)cc(C(F)(F)F)c1. The van der Waals surface area contributed by atoms with Gasteiger partial charge in [0.05, 0.1) is 12.7 Å². The lowest BCUT2D eigenvalue weighted by molar-refractivity contribution is -0.137. The molecule has 2 N–H and O–H groups in total. The van der Waals surface area contributed by atoms with Crippen molar-refractivity contribution in [2.75, 3.05) is 32.2 Å². The molecule has 116 valence electrons. The molecule has 0 saturated carbocycles. The van der Waals surface area contributed by atoms with Crippen molar-refractivity contribution in [1.29, 1.82) is 0 Å². The van der Waals surface area contributed by atoms with E-state index in [1.807, 2.05) is 0 Å². The summed E-state index contributed by atoms with van der Waals surface area (Å²) in [6, 6.07) is 3.49. The zero-order chi connectivity index (χ0) is 15.6. The largest absolute Gasteiger partial charge is 0.497 e. The number of anilines is 1. The zero-order valence-electron chi connectivity index (χ0n) is 11.6. The number of nitrogens with two attached hydrogens (primary N) is 1. The van der Waals surface area contributed by atoms with Crippen LogP contribution in [-0.4, -0.2) is 39.4 Å². The highest BCUT2D eigenvalue weighted by atomic mass is 19.4. The molecule has 0 bridgehead atoms. The molecule has 1 aromatic carbocycles. The minimum absolute atomic E-state index is 0.107. The third kappa shape index (κ3) is 3.71. The predicted molar refractivity (Wildman–Crippen MR) is 72.6 cm³/mol. The minimum Gasteiger partial charge on any atom is -0.497 e.